The fraction of sp³-hybridized carbons (Fsp3) is 0.389. The molecule has 0 aliphatic rings. The predicted molar refractivity (Wildman–Crippen MR) is 170 cm³/mol. The molecule has 0 amide bonds. The molecule has 0 fully saturated rings. The number of unbranched alkanes of at least 4 members (excludes halogenated alkanes) is 4. The number of carbonyl (C=O) groups is 2. The fourth-order valence-electron chi connectivity index (χ4n) is 4.63. The van der Waals surface area contributed by atoms with Crippen molar-refractivity contribution in [1.82, 2.24) is 0 Å². The topological polar surface area (TPSA) is 80.3 Å². The fourth-order valence-corrected chi connectivity index (χ4v) is 4.63. The molecule has 0 bridgehead atoms. The summed E-state index contributed by atoms with van der Waals surface area (Å²) in [5.41, 5.74) is 0. The van der Waals surface area contributed by atoms with Crippen LogP contribution in [0.15, 0.2) is 86.0 Å². The number of ether oxygens (including phenoxy) is 5. The SMILES string of the molecule is C=CC(=O)OC(CCCCC)COc1cc(Oc2ccccc2)c(OCC(CCCCC)OC(=O)C=C)c2ccccc12. The van der Waals surface area contributed by atoms with Crippen LogP contribution in [0.2, 0.25) is 0 Å². The quantitative estimate of drug-likeness (QED) is 0.0741. The highest BCUT2D eigenvalue weighted by Crippen LogP contribution is 2.43. The molecule has 0 aliphatic heterocycles. The van der Waals surface area contributed by atoms with Crippen molar-refractivity contribution in [1.29, 1.82) is 0 Å². The first-order chi connectivity index (χ1) is 21.0. The number of carbonyl (C=O) groups excluding carboxylic acids is 2. The Hall–Kier alpha value is -4.26. The van der Waals surface area contributed by atoms with Gasteiger partial charge in [-0.2, -0.15) is 0 Å². The molecule has 0 N–H and O–H groups in total. The molecule has 0 saturated heterocycles. The van der Waals surface area contributed by atoms with Crippen LogP contribution < -0.4 is 14.2 Å². The van der Waals surface area contributed by atoms with Crippen LogP contribution in [0, 0.1) is 0 Å². The van der Waals surface area contributed by atoms with Crippen LogP contribution in [0.25, 0.3) is 10.8 Å². The van der Waals surface area contributed by atoms with Crippen molar-refractivity contribution in [3.63, 3.8) is 0 Å². The lowest BCUT2D eigenvalue weighted by Gasteiger charge is -2.22. The Morgan fingerprint density at radius 2 is 1.23 bits per heavy atom. The second kappa shape index (κ2) is 18.3. The van der Waals surface area contributed by atoms with Crippen molar-refractivity contribution in [2.75, 3.05) is 13.2 Å². The second-order valence-electron chi connectivity index (χ2n) is 10.3. The molecule has 230 valence electrons. The summed E-state index contributed by atoms with van der Waals surface area (Å²) in [5, 5.41) is 1.59. The van der Waals surface area contributed by atoms with Gasteiger partial charge in [0.25, 0.3) is 0 Å². The molecule has 2 atom stereocenters. The molecular weight excluding hydrogens is 544 g/mol. The summed E-state index contributed by atoms with van der Waals surface area (Å²) in [6.45, 7) is 11.6. The Kier molecular flexibility index (Phi) is 14.2. The lowest BCUT2D eigenvalue weighted by molar-refractivity contribution is -0.145. The largest absolute Gasteiger partial charge is 0.489 e. The third-order valence-corrected chi connectivity index (χ3v) is 6.89. The van der Waals surface area contributed by atoms with E-state index in [0.717, 1.165) is 49.3 Å². The number of hydrogen-bond donors (Lipinski definition) is 0. The first kappa shape index (κ1) is 33.2. The van der Waals surface area contributed by atoms with Gasteiger partial charge in [0.1, 0.15) is 36.9 Å². The maximum atomic E-state index is 12.1. The molecule has 7 heteroatoms. The minimum Gasteiger partial charge on any atom is -0.489 e. The zero-order chi connectivity index (χ0) is 30.9. The average Bonchev–Trinajstić information content (AvgIpc) is 3.03. The number of esters is 2. The average molecular weight is 589 g/mol. The van der Waals surface area contributed by atoms with Gasteiger partial charge < -0.3 is 23.7 Å². The van der Waals surface area contributed by atoms with Crippen molar-refractivity contribution in [3.05, 3.63) is 86.0 Å². The third kappa shape index (κ3) is 10.8. The molecule has 0 aromatic heterocycles. The number of rotatable bonds is 20. The van der Waals surface area contributed by atoms with Gasteiger partial charge in [0.2, 0.25) is 0 Å². The van der Waals surface area contributed by atoms with Crippen molar-refractivity contribution in [3.8, 4) is 23.0 Å². The summed E-state index contributed by atoms with van der Waals surface area (Å²) >= 11 is 0. The molecule has 7 nitrogen and oxygen atoms in total. The number of benzene rings is 3. The molecule has 3 aromatic rings. The van der Waals surface area contributed by atoms with Crippen LogP contribution >= 0.6 is 0 Å². The van der Waals surface area contributed by atoms with Crippen LogP contribution in [0.5, 0.6) is 23.0 Å². The van der Waals surface area contributed by atoms with Gasteiger partial charge in [0.05, 0.1) is 0 Å². The Bertz CT molecular complexity index is 1320. The summed E-state index contributed by atoms with van der Waals surface area (Å²) in [4.78, 5) is 24.1. The molecule has 3 aromatic carbocycles. The number of para-hydroxylation sites is 1. The molecule has 0 heterocycles. The Morgan fingerprint density at radius 1 is 0.698 bits per heavy atom. The minimum absolute atomic E-state index is 0.148. The Labute approximate surface area is 255 Å². The van der Waals surface area contributed by atoms with E-state index in [1.807, 2.05) is 54.6 Å². The number of hydrogen-bond acceptors (Lipinski definition) is 7. The minimum atomic E-state index is -0.481. The van der Waals surface area contributed by atoms with Crippen molar-refractivity contribution in [2.45, 2.75) is 77.4 Å². The molecule has 3 rings (SSSR count). The molecule has 0 spiro atoms. The van der Waals surface area contributed by atoms with Gasteiger partial charge in [-0.1, -0.05) is 95.2 Å². The van der Waals surface area contributed by atoms with Crippen LogP contribution in [0.3, 0.4) is 0 Å². The summed E-state index contributed by atoms with van der Waals surface area (Å²) in [5.74, 6) is 1.21. The van der Waals surface area contributed by atoms with E-state index in [0.29, 0.717) is 35.8 Å². The van der Waals surface area contributed by atoms with Crippen molar-refractivity contribution < 1.29 is 33.3 Å². The standard InChI is InChI=1S/C36H44O7/c1-5-9-12-20-28(42-34(37)7-3)25-39-32-24-33(41-27-18-14-11-15-19-27)36(31-23-17-16-22-30(31)32)40-26-29(21-13-10-6-2)43-35(38)8-4/h7-8,11,14-19,22-24,28-29H,3-6,9-10,12-13,20-21,25-26H2,1-2H3. The second-order valence-corrected chi connectivity index (χ2v) is 10.3. The number of fused-ring (bicyclic) bond motifs is 1. The zero-order valence-corrected chi connectivity index (χ0v) is 25.4. The summed E-state index contributed by atoms with van der Waals surface area (Å²) in [6, 6.07) is 18.9. The van der Waals surface area contributed by atoms with E-state index in [2.05, 4.69) is 27.0 Å². The third-order valence-electron chi connectivity index (χ3n) is 6.89. The monoisotopic (exact) mass is 588 g/mol. The molecule has 0 radical (unpaired) electrons. The summed E-state index contributed by atoms with van der Waals surface area (Å²) < 4.78 is 30.3. The first-order valence-corrected chi connectivity index (χ1v) is 15.2. The zero-order valence-electron chi connectivity index (χ0n) is 25.4. The summed E-state index contributed by atoms with van der Waals surface area (Å²) in [6.07, 6.45) is 8.82. The van der Waals surface area contributed by atoms with E-state index in [-0.39, 0.29) is 13.2 Å². The van der Waals surface area contributed by atoms with Crippen LogP contribution in [0.4, 0.5) is 0 Å². The molecule has 2 unspecified atom stereocenters. The maximum Gasteiger partial charge on any atom is 0.330 e. The van der Waals surface area contributed by atoms with E-state index in [9.17, 15) is 9.59 Å². The van der Waals surface area contributed by atoms with Crippen molar-refractivity contribution in [2.24, 2.45) is 0 Å². The maximum absolute atomic E-state index is 12.1. The van der Waals surface area contributed by atoms with Gasteiger partial charge in [-0.15, -0.1) is 0 Å². The summed E-state index contributed by atoms with van der Waals surface area (Å²) in [7, 11) is 0. The smallest absolute Gasteiger partial charge is 0.330 e. The highest BCUT2D eigenvalue weighted by atomic mass is 16.6. The molecule has 43 heavy (non-hydrogen) atoms. The Morgan fingerprint density at radius 3 is 1.79 bits per heavy atom. The molecule has 0 saturated carbocycles. The van der Waals surface area contributed by atoms with E-state index >= 15 is 0 Å². The van der Waals surface area contributed by atoms with E-state index in [4.69, 9.17) is 23.7 Å². The van der Waals surface area contributed by atoms with Crippen LogP contribution in [-0.4, -0.2) is 37.4 Å². The van der Waals surface area contributed by atoms with E-state index in [1.54, 1.807) is 6.07 Å². The van der Waals surface area contributed by atoms with Gasteiger partial charge in [-0.05, 0) is 37.8 Å². The van der Waals surface area contributed by atoms with Gasteiger partial charge in [-0.3, -0.25) is 0 Å². The molecule has 0 aliphatic carbocycles. The van der Waals surface area contributed by atoms with Gasteiger partial charge in [0, 0.05) is 29.0 Å². The van der Waals surface area contributed by atoms with Gasteiger partial charge in [0.15, 0.2) is 11.5 Å². The van der Waals surface area contributed by atoms with Crippen LogP contribution in [0.1, 0.15) is 65.2 Å². The highest BCUT2D eigenvalue weighted by molar-refractivity contribution is 5.95. The van der Waals surface area contributed by atoms with E-state index < -0.39 is 24.1 Å². The van der Waals surface area contributed by atoms with E-state index in [1.165, 1.54) is 12.2 Å². The predicted octanol–water partition coefficient (Wildman–Crippen LogP) is 8.75. The van der Waals surface area contributed by atoms with Gasteiger partial charge in [-0.25, -0.2) is 9.59 Å². The van der Waals surface area contributed by atoms with Crippen LogP contribution in [-0.2, 0) is 19.1 Å². The first-order valence-electron chi connectivity index (χ1n) is 15.2. The van der Waals surface area contributed by atoms with Crippen molar-refractivity contribution >= 4 is 22.7 Å². The lowest BCUT2D eigenvalue weighted by atomic mass is 10.1. The normalized spacial score (nSPS) is 12.1. The highest BCUT2D eigenvalue weighted by Gasteiger charge is 2.21. The lowest BCUT2D eigenvalue weighted by Crippen LogP contribution is -2.25. The Balaban J connectivity index is 1.96. The van der Waals surface area contributed by atoms with Gasteiger partial charge >= 0.3 is 11.9 Å². The molecular formula is C36H44O7.